The number of hydrogen-bond acceptors (Lipinski definition) is 4. The van der Waals surface area contributed by atoms with Crippen LogP contribution in [-0.2, 0) is 18.4 Å². The van der Waals surface area contributed by atoms with Crippen molar-refractivity contribution in [3.63, 3.8) is 0 Å². The Labute approximate surface area is 125 Å². The molecule has 1 aromatic rings. The van der Waals surface area contributed by atoms with E-state index in [1.807, 2.05) is 36.4 Å². The van der Waals surface area contributed by atoms with Gasteiger partial charge >= 0.3 is 7.60 Å². The van der Waals surface area contributed by atoms with Gasteiger partial charge in [-0.2, -0.15) is 0 Å². The lowest BCUT2D eigenvalue weighted by atomic mass is 10.1. The average Bonchev–Trinajstić information content (AvgIpc) is 2.80. The number of carbonyl (C=O) groups excluding carboxylic acids is 1. The van der Waals surface area contributed by atoms with Gasteiger partial charge in [-0.3, -0.25) is 9.36 Å². The van der Waals surface area contributed by atoms with E-state index in [1.54, 1.807) is 13.8 Å². The summed E-state index contributed by atoms with van der Waals surface area (Å²) in [6.07, 6.45) is 2.54. The second kappa shape index (κ2) is 7.17. The zero-order valence-electron chi connectivity index (χ0n) is 12.5. The van der Waals surface area contributed by atoms with Crippen molar-refractivity contribution in [1.29, 1.82) is 0 Å². The molecule has 0 saturated heterocycles. The molecule has 1 unspecified atom stereocenters. The number of allylic oxidation sites excluding steroid dienone is 2. The maximum absolute atomic E-state index is 12.5. The Balaban J connectivity index is 2.14. The van der Waals surface area contributed by atoms with Gasteiger partial charge in [-0.1, -0.05) is 36.4 Å². The molecule has 21 heavy (non-hydrogen) atoms. The molecule has 0 aromatic heterocycles. The van der Waals surface area contributed by atoms with Crippen LogP contribution in [-0.4, -0.2) is 25.2 Å². The van der Waals surface area contributed by atoms with Gasteiger partial charge < -0.3 is 9.05 Å². The molecule has 1 aliphatic carbocycles. The first-order chi connectivity index (χ1) is 10.1. The molecule has 1 aliphatic rings. The Bertz CT molecular complexity index is 555. The summed E-state index contributed by atoms with van der Waals surface area (Å²) < 4.78 is 23.1. The van der Waals surface area contributed by atoms with Gasteiger partial charge in [0.1, 0.15) is 0 Å². The van der Waals surface area contributed by atoms with Crippen LogP contribution in [0.3, 0.4) is 0 Å². The van der Waals surface area contributed by atoms with E-state index in [0.717, 1.165) is 5.56 Å². The maximum Gasteiger partial charge on any atom is 0.331 e. The molecular weight excluding hydrogens is 287 g/mol. The second-order valence-electron chi connectivity index (χ2n) is 4.96. The molecule has 0 fully saturated rings. The Morgan fingerprint density at radius 2 is 1.76 bits per heavy atom. The van der Waals surface area contributed by atoms with Crippen molar-refractivity contribution in [3.05, 3.63) is 42.0 Å². The van der Waals surface area contributed by atoms with E-state index in [0.29, 0.717) is 25.2 Å². The lowest BCUT2D eigenvalue weighted by molar-refractivity contribution is -0.113. The molecule has 5 heteroatoms. The Morgan fingerprint density at radius 1 is 1.14 bits per heavy atom. The van der Waals surface area contributed by atoms with E-state index in [4.69, 9.17) is 9.05 Å². The minimum Gasteiger partial charge on any atom is -0.309 e. The number of Topliss-reactive ketones (excluding diaryl/α,β-unsaturated/α-hetero) is 1. The molecule has 0 spiro atoms. The monoisotopic (exact) mass is 308 g/mol. The van der Waals surface area contributed by atoms with Crippen molar-refractivity contribution in [3.8, 4) is 0 Å². The highest BCUT2D eigenvalue weighted by Gasteiger charge is 2.33. The van der Waals surface area contributed by atoms with E-state index in [2.05, 4.69) is 0 Å². The molecule has 0 saturated carbocycles. The van der Waals surface area contributed by atoms with Gasteiger partial charge in [0.15, 0.2) is 5.78 Å². The fourth-order valence-corrected chi connectivity index (χ4v) is 4.43. The van der Waals surface area contributed by atoms with Gasteiger partial charge in [-0.25, -0.2) is 0 Å². The van der Waals surface area contributed by atoms with Crippen molar-refractivity contribution in [2.75, 3.05) is 19.4 Å². The standard InChI is InChI=1S/C16H21O4P/c1-3-19-21(18,20-4-2)12-13-10-15(16(17)11-13)14-8-6-5-7-9-14/h5-10,13H,3-4,11-12H2,1-2H3. The highest BCUT2D eigenvalue weighted by atomic mass is 31.2. The predicted octanol–water partition coefficient (Wildman–Crippen LogP) is 3.93. The molecule has 4 nitrogen and oxygen atoms in total. The number of ketones is 1. The summed E-state index contributed by atoms with van der Waals surface area (Å²) in [6, 6.07) is 9.55. The molecule has 0 heterocycles. The van der Waals surface area contributed by atoms with Crippen LogP contribution >= 0.6 is 7.60 Å². The molecule has 0 bridgehead atoms. The summed E-state index contributed by atoms with van der Waals surface area (Å²) in [5.41, 5.74) is 1.62. The zero-order chi connectivity index (χ0) is 15.3. The summed E-state index contributed by atoms with van der Waals surface area (Å²) in [4.78, 5) is 12.1. The quantitative estimate of drug-likeness (QED) is 0.716. The zero-order valence-corrected chi connectivity index (χ0v) is 13.3. The highest BCUT2D eigenvalue weighted by Crippen LogP contribution is 2.51. The van der Waals surface area contributed by atoms with Crippen LogP contribution in [0.25, 0.3) is 5.57 Å². The minimum absolute atomic E-state index is 0.0864. The Hall–Kier alpha value is -1.22. The first kappa shape index (κ1) is 16.2. The van der Waals surface area contributed by atoms with E-state index in [-0.39, 0.29) is 17.9 Å². The second-order valence-corrected chi connectivity index (χ2v) is 7.07. The van der Waals surface area contributed by atoms with E-state index in [9.17, 15) is 9.36 Å². The van der Waals surface area contributed by atoms with Gasteiger partial charge in [0, 0.05) is 12.0 Å². The summed E-state index contributed by atoms with van der Waals surface area (Å²) in [5, 5.41) is 0. The van der Waals surface area contributed by atoms with Crippen molar-refractivity contribution >= 4 is 19.0 Å². The van der Waals surface area contributed by atoms with Crippen LogP contribution < -0.4 is 0 Å². The molecular formula is C16H21O4P. The summed E-state index contributed by atoms with van der Waals surface area (Å²) >= 11 is 0. The van der Waals surface area contributed by atoms with Crippen LogP contribution in [0, 0.1) is 5.92 Å². The molecule has 0 aliphatic heterocycles. The normalized spacial score (nSPS) is 18.9. The SMILES string of the molecule is CCOP(=O)(CC1C=C(c2ccccc2)C(=O)C1)OCC. The molecule has 1 atom stereocenters. The third-order valence-electron chi connectivity index (χ3n) is 3.34. The van der Waals surface area contributed by atoms with Gasteiger partial charge in [-0.05, 0) is 25.3 Å². The largest absolute Gasteiger partial charge is 0.331 e. The first-order valence-corrected chi connectivity index (χ1v) is 8.99. The molecule has 2 rings (SSSR count). The summed E-state index contributed by atoms with van der Waals surface area (Å²) in [6.45, 7) is 4.26. The van der Waals surface area contributed by atoms with Crippen LogP contribution in [0.1, 0.15) is 25.8 Å². The number of hydrogen-bond donors (Lipinski definition) is 0. The Kier molecular flexibility index (Phi) is 5.51. The third kappa shape index (κ3) is 4.13. The maximum atomic E-state index is 12.5. The van der Waals surface area contributed by atoms with Crippen molar-refractivity contribution in [2.24, 2.45) is 5.92 Å². The van der Waals surface area contributed by atoms with E-state index < -0.39 is 7.60 Å². The summed E-state index contributed by atoms with van der Waals surface area (Å²) in [7, 11) is -3.11. The first-order valence-electron chi connectivity index (χ1n) is 7.26. The molecule has 114 valence electrons. The highest BCUT2D eigenvalue weighted by molar-refractivity contribution is 7.53. The topological polar surface area (TPSA) is 52.6 Å². The van der Waals surface area contributed by atoms with Gasteiger partial charge in [0.05, 0.1) is 19.4 Å². The fourth-order valence-electron chi connectivity index (χ4n) is 2.55. The third-order valence-corrected chi connectivity index (χ3v) is 5.56. The molecule has 0 radical (unpaired) electrons. The molecule has 0 N–H and O–H groups in total. The Morgan fingerprint density at radius 3 is 2.33 bits per heavy atom. The molecule has 0 amide bonds. The van der Waals surface area contributed by atoms with Crippen molar-refractivity contribution in [1.82, 2.24) is 0 Å². The minimum atomic E-state index is -3.11. The van der Waals surface area contributed by atoms with Gasteiger partial charge in [0.25, 0.3) is 0 Å². The number of rotatable bonds is 7. The fraction of sp³-hybridized carbons (Fsp3) is 0.438. The van der Waals surface area contributed by atoms with Crippen molar-refractivity contribution in [2.45, 2.75) is 20.3 Å². The van der Waals surface area contributed by atoms with E-state index >= 15 is 0 Å². The predicted molar refractivity (Wildman–Crippen MR) is 83.3 cm³/mol. The number of benzene rings is 1. The van der Waals surface area contributed by atoms with Crippen LogP contribution in [0.4, 0.5) is 0 Å². The number of carbonyl (C=O) groups is 1. The lowest BCUT2D eigenvalue weighted by Gasteiger charge is -2.19. The smallest absolute Gasteiger partial charge is 0.309 e. The van der Waals surface area contributed by atoms with Crippen LogP contribution in [0.15, 0.2) is 36.4 Å². The average molecular weight is 308 g/mol. The van der Waals surface area contributed by atoms with Crippen LogP contribution in [0.5, 0.6) is 0 Å². The van der Waals surface area contributed by atoms with Crippen LogP contribution in [0.2, 0.25) is 0 Å². The van der Waals surface area contributed by atoms with E-state index in [1.165, 1.54) is 0 Å². The lowest BCUT2D eigenvalue weighted by Crippen LogP contribution is -2.08. The van der Waals surface area contributed by atoms with Gasteiger partial charge in [-0.15, -0.1) is 0 Å². The molecule has 1 aromatic carbocycles. The van der Waals surface area contributed by atoms with Crippen molar-refractivity contribution < 1.29 is 18.4 Å². The summed E-state index contributed by atoms with van der Waals surface area (Å²) in [5.74, 6) is 0.00221. The van der Waals surface area contributed by atoms with Gasteiger partial charge in [0.2, 0.25) is 0 Å².